The fourth-order valence-electron chi connectivity index (χ4n) is 4.07. The van der Waals surface area contributed by atoms with E-state index >= 15 is 0 Å². The van der Waals surface area contributed by atoms with Crippen LogP contribution < -0.4 is 15.0 Å². The predicted molar refractivity (Wildman–Crippen MR) is 128 cm³/mol. The number of aromatic nitrogens is 1. The Labute approximate surface area is 187 Å². The Morgan fingerprint density at radius 2 is 1.78 bits per heavy atom. The molecular formula is C27H25N3O2. The van der Waals surface area contributed by atoms with Gasteiger partial charge in [-0.1, -0.05) is 54.1 Å². The van der Waals surface area contributed by atoms with E-state index in [1.165, 1.54) is 11.1 Å². The number of benzene rings is 3. The normalized spacial score (nSPS) is 13.0. The van der Waals surface area contributed by atoms with Crippen molar-refractivity contribution in [3.05, 3.63) is 95.6 Å². The van der Waals surface area contributed by atoms with Gasteiger partial charge in [0.05, 0.1) is 0 Å². The summed E-state index contributed by atoms with van der Waals surface area (Å²) in [4.78, 5) is 19.6. The van der Waals surface area contributed by atoms with E-state index in [0.29, 0.717) is 5.75 Å². The number of carbonyl (C=O) groups excluding carboxylic acids is 1. The topological polar surface area (TPSA) is 54.5 Å². The molecule has 4 aromatic rings. The van der Waals surface area contributed by atoms with Crippen LogP contribution in [0.2, 0.25) is 0 Å². The maximum absolute atomic E-state index is 12.4. The number of fused-ring (bicyclic) bond motifs is 2. The molecule has 0 unspecified atom stereocenters. The van der Waals surface area contributed by atoms with Crippen LogP contribution in [0.25, 0.3) is 10.9 Å². The molecule has 0 bridgehead atoms. The maximum Gasteiger partial charge on any atom is 0.262 e. The average Bonchev–Trinajstić information content (AvgIpc) is 2.83. The van der Waals surface area contributed by atoms with Crippen LogP contribution in [-0.2, 0) is 17.8 Å². The molecule has 3 aromatic carbocycles. The summed E-state index contributed by atoms with van der Waals surface area (Å²) in [6, 6.07) is 26.2. The van der Waals surface area contributed by atoms with E-state index in [9.17, 15) is 4.79 Å². The number of amides is 1. The number of nitrogens with zero attached hydrogens (tertiary/aromatic N) is 2. The number of anilines is 2. The Morgan fingerprint density at radius 3 is 2.62 bits per heavy atom. The number of carbonyl (C=O) groups is 1. The third kappa shape index (κ3) is 4.28. The second kappa shape index (κ2) is 8.71. The minimum absolute atomic E-state index is 0.0734. The van der Waals surface area contributed by atoms with Gasteiger partial charge in [0.15, 0.2) is 6.61 Å². The first kappa shape index (κ1) is 20.1. The summed E-state index contributed by atoms with van der Waals surface area (Å²) in [7, 11) is 0. The molecular weight excluding hydrogens is 398 g/mol. The summed E-state index contributed by atoms with van der Waals surface area (Å²) in [6.07, 6.45) is 1.01. The van der Waals surface area contributed by atoms with Crippen LogP contribution in [0.1, 0.15) is 16.7 Å². The minimum atomic E-state index is -0.199. The molecule has 0 aliphatic carbocycles. The Kier molecular flexibility index (Phi) is 5.46. The van der Waals surface area contributed by atoms with Gasteiger partial charge in [0.2, 0.25) is 0 Å². The van der Waals surface area contributed by atoms with Crippen LogP contribution in [0.3, 0.4) is 0 Å². The van der Waals surface area contributed by atoms with Gasteiger partial charge in [0.1, 0.15) is 17.1 Å². The highest BCUT2D eigenvalue weighted by molar-refractivity contribution is 5.92. The smallest absolute Gasteiger partial charge is 0.262 e. The van der Waals surface area contributed by atoms with Gasteiger partial charge < -0.3 is 15.0 Å². The Morgan fingerprint density at radius 1 is 0.969 bits per heavy atom. The molecule has 1 N–H and O–H groups in total. The van der Waals surface area contributed by atoms with Crippen molar-refractivity contribution in [2.45, 2.75) is 19.9 Å². The molecule has 1 aromatic heterocycles. The van der Waals surface area contributed by atoms with E-state index in [1.54, 1.807) is 0 Å². The molecule has 5 rings (SSSR count). The summed E-state index contributed by atoms with van der Waals surface area (Å²) < 4.78 is 5.88. The second-order valence-corrected chi connectivity index (χ2v) is 8.14. The zero-order valence-electron chi connectivity index (χ0n) is 18.0. The van der Waals surface area contributed by atoms with Gasteiger partial charge in [-0.15, -0.1) is 0 Å². The first-order valence-corrected chi connectivity index (χ1v) is 10.9. The lowest BCUT2D eigenvalue weighted by molar-refractivity contribution is -0.118. The number of nitrogens with one attached hydrogen (secondary N) is 1. The molecule has 0 spiro atoms. The van der Waals surface area contributed by atoms with Gasteiger partial charge in [-0.3, -0.25) is 4.79 Å². The van der Waals surface area contributed by atoms with Crippen LogP contribution in [-0.4, -0.2) is 24.0 Å². The van der Waals surface area contributed by atoms with Gasteiger partial charge in [-0.25, -0.2) is 4.98 Å². The Balaban J connectivity index is 1.33. The first-order valence-electron chi connectivity index (χ1n) is 10.9. The van der Waals surface area contributed by atoms with E-state index < -0.39 is 0 Å². The number of para-hydroxylation sites is 1. The number of pyridine rings is 1. The van der Waals surface area contributed by atoms with Crippen molar-refractivity contribution >= 4 is 28.3 Å². The third-order valence-electron chi connectivity index (χ3n) is 5.82. The molecule has 0 fully saturated rings. The molecule has 0 radical (unpaired) electrons. The summed E-state index contributed by atoms with van der Waals surface area (Å²) >= 11 is 0. The van der Waals surface area contributed by atoms with Gasteiger partial charge >= 0.3 is 0 Å². The van der Waals surface area contributed by atoms with Crippen molar-refractivity contribution in [2.24, 2.45) is 0 Å². The zero-order chi connectivity index (χ0) is 21.9. The van der Waals surface area contributed by atoms with E-state index in [-0.39, 0.29) is 12.5 Å². The fraction of sp³-hybridized carbons (Fsp3) is 0.185. The van der Waals surface area contributed by atoms with Gasteiger partial charge in [-0.2, -0.15) is 0 Å². The summed E-state index contributed by atoms with van der Waals surface area (Å²) in [5, 5.41) is 3.86. The van der Waals surface area contributed by atoms with Gasteiger partial charge in [-0.05, 0) is 54.8 Å². The molecule has 1 amide bonds. The van der Waals surface area contributed by atoms with E-state index in [1.807, 2.05) is 49.4 Å². The van der Waals surface area contributed by atoms with Crippen LogP contribution in [0.5, 0.6) is 5.75 Å². The SMILES string of the molecule is Cc1ccc(NC(=O)COc2cccc3ccc(N4CCc5ccccc5C4)nc23)cc1. The lowest BCUT2D eigenvalue weighted by atomic mass is 10.00. The number of rotatable bonds is 5. The van der Waals surface area contributed by atoms with Crippen molar-refractivity contribution in [2.75, 3.05) is 23.4 Å². The number of hydrogen-bond donors (Lipinski definition) is 1. The molecule has 2 heterocycles. The highest BCUT2D eigenvalue weighted by atomic mass is 16.5. The number of ether oxygens (including phenoxy) is 1. The molecule has 32 heavy (non-hydrogen) atoms. The average molecular weight is 424 g/mol. The second-order valence-electron chi connectivity index (χ2n) is 8.14. The van der Waals surface area contributed by atoms with Gasteiger partial charge in [0, 0.05) is 24.2 Å². The molecule has 0 saturated carbocycles. The molecule has 0 saturated heterocycles. The van der Waals surface area contributed by atoms with Crippen LogP contribution >= 0.6 is 0 Å². The van der Waals surface area contributed by atoms with E-state index in [2.05, 4.69) is 46.6 Å². The lowest BCUT2D eigenvalue weighted by Crippen LogP contribution is -2.30. The summed E-state index contributed by atoms with van der Waals surface area (Å²) in [6.45, 7) is 3.71. The van der Waals surface area contributed by atoms with Crippen LogP contribution in [0.4, 0.5) is 11.5 Å². The third-order valence-corrected chi connectivity index (χ3v) is 5.82. The van der Waals surface area contributed by atoms with Crippen molar-refractivity contribution in [3.8, 4) is 5.75 Å². The minimum Gasteiger partial charge on any atom is -0.481 e. The number of aryl methyl sites for hydroxylation is 1. The quantitative estimate of drug-likeness (QED) is 0.484. The standard InChI is InChI=1S/C27H25N3O2/c1-19-9-12-23(13-10-19)28-26(31)18-32-24-8-4-7-21-11-14-25(29-27(21)24)30-16-15-20-5-2-3-6-22(20)17-30/h2-14H,15-18H2,1H3,(H,28,31). The van der Waals surface area contributed by atoms with Crippen LogP contribution in [0, 0.1) is 6.92 Å². The van der Waals surface area contributed by atoms with E-state index in [4.69, 9.17) is 9.72 Å². The highest BCUT2D eigenvalue weighted by Gasteiger charge is 2.18. The van der Waals surface area contributed by atoms with Gasteiger partial charge in [0.25, 0.3) is 5.91 Å². The van der Waals surface area contributed by atoms with Crippen molar-refractivity contribution in [1.29, 1.82) is 0 Å². The molecule has 0 atom stereocenters. The summed E-state index contributed by atoms with van der Waals surface area (Å²) in [5.41, 5.74) is 5.43. The lowest BCUT2D eigenvalue weighted by Gasteiger charge is -2.30. The predicted octanol–water partition coefficient (Wildman–Crippen LogP) is 5.12. The monoisotopic (exact) mass is 423 g/mol. The van der Waals surface area contributed by atoms with Crippen molar-refractivity contribution < 1.29 is 9.53 Å². The molecule has 5 nitrogen and oxygen atoms in total. The van der Waals surface area contributed by atoms with Crippen molar-refractivity contribution in [1.82, 2.24) is 4.98 Å². The number of hydrogen-bond acceptors (Lipinski definition) is 4. The Hall–Kier alpha value is -3.86. The first-order chi connectivity index (χ1) is 15.7. The molecule has 1 aliphatic heterocycles. The zero-order valence-corrected chi connectivity index (χ0v) is 18.0. The summed E-state index contributed by atoms with van der Waals surface area (Å²) in [5.74, 6) is 1.34. The Bertz CT molecular complexity index is 1270. The van der Waals surface area contributed by atoms with E-state index in [0.717, 1.165) is 47.5 Å². The molecule has 5 heteroatoms. The van der Waals surface area contributed by atoms with Crippen LogP contribution in [0.15, 0.2) is 78.9 Å². The maximum atomic E-state index is 12.4. The largest absolute Gasteiger partial charge is 0.481 e. The molecule has 1 aliphatic rings. The molecule has 160 valence electrons. The fourth-order valence-corrected chi connectivity index (χ4v) is 4.07. The van der Waals surface area contributed by atoms with Crippen molar-refractivity contribution in [3.63, 3.8) is 0 Å². The highest BCUT2D eigenvalue weighted by Crippen LogP contribution is 2.29.